The fraction of sp³-hybridized carbons (Fsp3) is 0.500. The molecule has 0 spiro atoms. The summed E-state index contributed by atoms with van der Waals surface area (Å²) in [5.41, 5.74) is 7.80. The smallest absolute Gasteiger partial charge is 0.256 e. The maximum Gasteiger partial charge on any atom is 0.256 e. The quantitative estimate of drug-likeness (QED) is 0.771. The summed E-state index contributed by atoms with van der Waals surface area (Å²) in [7, 11) is 0. The minimum Gasteiger partial charge on any atom is -0.398 e. The Kier molecular flexibility index (Phi) is 3.30. The van der Waals surface area contributed by atoms with Crippen molar-refractivity contribution in [2.45, 2.75) is 26.4 Å². The molecule has 1 amide bonds. The maximum absolute atomic E-state index is 12.5. The Morgan fingerprint density at radius 1 is 1.44 bits per heavy atom. The summed E-state index contributed by atoms with van der Waals surface area (Å²) in [6.45, 7) is 7.69. The van der Waals surface area contributed by atoms with Gasteiger partial charge in [-0.15, -0.1) is 0 Å². The first-order valence-corrected chi connectivity index (χ1v) is 6.19. The van der Waals surface area contributed by atoms with Crippen LogP contribution in [0.15, 0.2) is 18.2 Å². The van der Waals surface area contributed by atoms with E-state index in [1.54, 1.807) is 6.07 Å². The molecule has 0 aliphatic carbocycles. The number of aryl methyl sites for hydroxylation is 1. The van der Waals surface area contributed by atoms with Gasteiger partial charge in [0.15, 0.2) is 0 Å². The largest absolute Gasteiger partial charge is 0.398 e. The normalized spacial score (nSPS) is 18.7. The highest BCUT2D eigenvalue weighted by Crippen LogP contribution is 2.22. The molecule has 0 unspecified atom stereocenters. The van der Waals surface area contributed by atoms with Crippen molar-refractivity contribution in [3.8, 4) is 0 Å². The molecule has 0 radical (unpaired) electrons. The SMILES string of the molecule is Cc1cccc(C(=O)N2CCOC(C)(C)C2)c1N. The lowest BCUT2D eigenvalue weighted by atomic mass is 10.0. The monoisotopic (exact) mass is 248 g/mol. The van der Waals surface area contributed by atoms with Crippen LogP contribution >= 0.6 is 0 Å². The standard InChI is InChI=1S/C14H20N2O2/c1-10-5-4-6-11(12(10)15)13(17)16-7-8-18-14(2,3)9-16/h4-6H,7-9,15H2,1-3H3. The Labute approximate surface area is 108 Å². The van der Waals surface area contributed by atoms with Gasteiger partial charge in [-0.1, -0.05) is 12.1 Å². The second kappa shape index (κ2) is 4.61. The lowest BCUT2D eigenvalue weighted by Crippen LogP contribution is -2.50. The van der Waals surface area contributed by atoms with Crippen molar-refractivity contribution in [1.29, 1.82) is 0 Å². The highest BCUT2D eigenvalue weighted by Gasteiger charge is 2.31. The van der Waals surface area contributed by atoms with Crippen molar-refractivity contribution in [2.75, 3.05) is 25.4 Å². The van der Waals surface area contributed by atoms with E-state index in [2.05, 4.69) is 0 Å². The second-order valence-corrected chi connectivity index (χ2v) is 5.37. The molecule has 0 atom stereocenters. The zero-order chi connectivity index (χ0) is 13.3. The van der Waals surface area contributed by atoms with Crippen molar-refractivity contribution in [3.05, 3.63) is 29.3 Å². The van der Waals surface area contributed by atoms with Gasteiger partial charge in [-0.05, 0) is 32.4 Å². The highest BCUT2D eigenvalue weighted by atomic mass is 16.5. The molecule has 4 heteroatoms. The first-order valence-electron chi connectivity index (χ1n) is 6.19. The molecule has 18 heavy (non-hydrogen) atoms. The minimum absolute atomic E-state index is 0.00687. The number of nitrogens with zero attached hydrogens (tertiary/aromatic N) is 1. The summed E-state index contributed by atoms with van der Waals surface area (Å²) in [5, 5.41) is 0. The lowest BCUT2D eigenvalue weighted by molar-refractivity contribution is -0.0763. The van der Waals surface area contributed by atoms with Crippen LogP contribution in [-0.2, 0) is 4.74 Å². The summed E-state index contributed by atoms with van der Waals surface area (Å²) in [4.78, 5) is 14.3. The molecule has 1 heterocycles. The number of ether oxygens (including phenoxy) is 1. The number of rotatable bonds is 1. The molecule has 1 saturated heterocycles. The number of nitrogen functional groups attached to an aromatic ring is 1. The predicted octanol–water partition coefficient (Wildman–Crippen LogP) is 1.83. The van der Waals surface area contributed by atoms with E-state index in [0.717, 1.165) is 5.56 Å². The fourth-order valence-electron chi connectivity index (χ4n) is 2.23. The van der Waals surface area contributed by atoms with Crippen molar-refractivity contribution >= 4 is 11.6 Å². The number of carbonyl (C=O) groups excluding carboxylic acids is 1. The number of anilines is 1. The average molecular weight is 248 g/mol. The molecule has 1 fully saturated rings. The Bertz CT molecular complexity index is 469. The van der Waals surface area contributed by atoms with Gasteiger partial charge in [0.25, 0.3) is 5.91 Å². The number of carbonyl (C=O) groups is 1. The first-order chi connectivity index (χ1) is 8.41. The lowest BCUT2D eigenvalue weighted by Gasteiger charge is -2.38. The topological polar surface area (TPSA) is 55.6 Å². The molecule has 98 valence electrons. The average Bonchev–Trinajstić information content (AvgIpc) is 2.30. The van der Waals surface area contributed by atoms with E-state index in [-0.39, 0.29) is 11.5 Å². The summed E-state index contributed by atoms with van der Waals surface area (Å²) in [5.74, 6) is -0.00687. The highest BCUT2D eigenvalue weighted by molar-refractivity contribution is 5.99. The minimum atomic E-state index is -0.285. The molecular formula is C14H20N2O2. The van der Waals surface area contributed by atoms with Crippen molar-refractivity contribution in [2.24, 2.45) is 0 Å². The molecule has 0 saturated carbocycles. The molecular weight excluding hydrogens is 228 g/mol. The van der Waals surface area contributed by atoms with Crippen LogP contribution in [0.4, 0.5) is 5.69 Å². The molecule has 1 aromatic carbocycles. The zero-order valence-corrected chi connectivity index (χ0v) is 11.2. The molecule has 1 aliphatic rings. The fourth-order valence-corrected chi connectivity index (χ4v) is 2.23. The van der Waals surface area contributed by atoms with Gasteiger partial charge >= 0.3 is 0 Å². The maximum atomic E-state index is 12.5. The van der Waals surface area contributed by atoms with Gasteiger partial charge in [0.05, 0.1) is 17.8 Å². The third-order valence-electron chi connectivity index (χ3n) is 3.27. The number of amides is 1. The van der Waals surface area contributed by atoms with E-state index in [1.807, 2.05) is 37.8 Å². The van der Waals surface area contributed by atoms with Gasteiger partial charge in [0, 0.05) is 18.8 Å². The molecule has 0 bridgehead atoms. The van der Waals surface area contributed by atoms with Crippen LogP contribution < -0.4 is 5.73 Å². The second-order valence-electron chi connectivity index (χ2n) is 5.37. The summed E-state index contributed by atoms with van der Waals surface area (Å²) in [6, 6.07) is 5.56. The number of morpholine rings is 1. The number of benzene rings is 1. The summed E-state index contributed by atoms with van der Waals surface area (Å²) < 4.78 is 5.61. The van der Waals surface area contributed by atoms with Gasteiger partial charge in [0.2, 0.25) is 0 Å². The molecule has 4 nitrogen and oxygen atoms in total. The van der Waals surface area contributed by atoms with Crippen LogP contribution in [0, 0.1) is 6.92 Å². The third-order valence-corrected chi connectivity index (χ3v) is 3.27. The van der Waals surface area contributed by atoms with Crippen molar-refractivity contribution < 1.29 is 9.53 Å². The predicted molar refractivity (Wildman–Crippen MR) is 71.5 cm³/mol. The van der Waals surface area contributed by atoms with Crippen LogP contribution in [0.2, 0.25) is 0 Å². The van der Waals surface area contributed by atoms with E-state index in [4.69, 9.17) is 10.5 Å². The van der Waals surface area contributed by atoms with E-state index in [9.17, 15) is 4.79 Å². The van der Waals surface area contributed by atoms with E-state index >= 15 is 0 Å². The van der Waals surface area contributed by atoms with Crippen molar-refractivity contribution in [3.63, 3.8) is 0 Å². The van der Waals surface area contributed by atoms with Crippen LogP contribution in [0.3, 0.4) is 0 Å². The molecule has 2 rings (SSSR count). The molecule has 0 aromatic heterocycles. The molecule has 1 aliphatic heterocycles. The first kappa shape index (κ1) is 12.9. The van der Waals surface area contributed by atoms with Gasteiger partial charge in [-0.2, -0.15) is 0 Å². The Morgan fingerprint density at radius 3 is 2.83 bits per heavy atom. The summed E-state index contributed by atoms with van der Waals surface area (Å²) >= 11 is 0. The number of hydrogen-bond donors (Lipinski definition) is 1. The Morgan fingerprint density at radius 2 is 2.17 bits per heavy atom. The van der Waals surface area contributed by atoms with Crippen LogP contribution in [0.5, 0.6) is 0 Å². The van der Waals surface area contributed by atoms with Gasteiger partial charge in [-0.3, -0.25) is 4.79 Å². The van der Waals surface area contributed by atoms with Crippen LogP contribution in [-0.4, -0.2) is 36.1 Å². The molecule has 2 N–H and O–H groups in total. The number of hydrogen-bond acceptors (Lipinski definition) is 3. The Balaban J connectivity index is 2.23. The summed E-state index contributed by atoms with van der Waals surface area (Å²) in [6.07, 6.45) is 0. The van der Waals surface area contributed by atoms with Gasteiger partial charge in [0.1, 0.15) is 0 Å². The van der Waals surface area contributed by atoms with Crippen molar-refractivity contribution in [1.82, 2.24) is 4.90 Å². The van der Waals surface area contributed by atoms with E-state index in [0.29, 0.717) is 30.9 Å². The van der Waals surface area contributed by atoms with Gasteiger partial charge in [-0.25, -0.2) is 0 Å². The third kappa shape index (κ3) is 2.48. The molecule has 1 aromatic rings. The van der Waals surface area contributed by atoms with Crippen LogP contribution in [0.1, 0.15) is 29.8 Å². The van der Waals surface area contributed by atoms with Crippen LogP contribution in [0.25, 0.3) is 0 Å². The Hall–Kier alpha value is -1.55. The van der Waals surface area contributed by atoms with E-state index < -0.39 is 0 Å². The van der Waals surface area contributed by atoms with E-state index in [1.165, 1.54) is 0 Å². The number of para-hydroxylation sites is 1. The van der Waals surface area contributed by atoms with Gasteiger partial charge < -0.3 is 15.4 Å². The zero-order valence-electron chi connectivity index (χ0n) is 11.2. The number of nitrogens with two attached hydrogens (primary N) is 1.